The molecule has 0 radical (unpaired) electrons. The van der Waals surface area contributed by atoms with Crippen LogP contribution in [-0.2, 0) is 16.6 Å². The first-order chi connectivity index (χ1) is 8.51. The van der Waals surface area contributed by atoms with E-state index in [0.717, 1.165) is 12.8 Å². The Morgan fingerprint density at radius 3 is 2.78 bits per heavy atom. The molecule has 1 fully saturated rings. The van der Waals surface area contributed by atoms with E-state index in [0.29, 0.717) is 19.5 Å². The lowest BCUT2D eigenvalue weighted by molar-refractivity contribution is 0.249. The van der Waals surface area contributed by atoms with Crippen molar-refractivity contribution in [3.63, 3.8) is 0 Å². The first kappa shape index (κ1) is 13.5. The van der Waals surface area contributed by atoms with Crippen LogP contribution in [0.4, 0.5) is 0 Å². The summed E-state index contributed by atoms with van der Waals surface area (Å²) in [6, 6.07) is 0. The first-order valence-corrected chi connectivity index (χ1v) is 7.62. The van der Waals surface area contributed by atoms with Crippen LogP contribution in [0.5, 0.6) is 0 Å². The molecule has 18 heavy (non-hydrogen) atoms. The van der Waals surface area contributed by atoms with E-state index < -0.39 is 10.0 Å². The number of rotatable bonds is 7. The lowest BCUT2D eigenvalue weighted by Crippen LogP contribution is -2.31. The molecule has 0 spiro atoms. The van der Waals surface area contributed by atoms with E-state index in [1.807, 2.05) is 6.92 Å². The molecule has 2 rings (SSSR count). The van der Waals surface area contributed by atoms with Crippen molar-refractivity contribution in [1.82, 2.24) is 14.3 Å². The van der Waals surface area contributed by atoms with Crippen LogP contribution in [0.1, 0.15) is 26.2 Å². The van der Waals surface area contributed by atoms with Crippen molar-refractivity contribution in [3.8, 4) is 0 Å². The minimum absolute atomic E-state index is 0.0326. The van der Waals surface area contributed by atoms with Crippen LogP contribution in [-0.4, -0.2) is 36.2 Å². The fourth-order valence-electron chi connectivity index (χ4n) is 1.90. The van der Waals surface area contributed by atoms with E-state index in [4.69, 9.17) is 5.11 Å². The van der Waals surface area contributed by atoms with Crippen LogP contribution >= 0.6 is 0 Å². The number of aryl methyl sites for hydroxylation is 1. The van der Waals surface area contributed by atoms with Gasteiger partial charge in [0.15, 0.2) is 5.03 Å². The molecule has 6 nitrogen and oxygen atoms in total. The first-order valence-electron chi connectivity index (χ1n) is 6.14. The normalized spacial score (nSPS) is 17.9. The minimum atomic E-state index is -3.52. The third-order valence-corrected chi connectivity index (χ3v) is 4.77. The highest BCUT2D eigenvalue weighted by molar-refractivity contribution is 7.89. The highest BCUT2D eigenvalue weighted by Gasteiger charge is 2.42. The zero-order valence-electron chi connectivity index (χ0n) is 10.5. The van der Waals surface area contributed by atoms with Gasteiger partial charge >= 0.3 is 0 Å². The van der Waals surface area contributed by atoms with E-state index >= 15 is 0 Å². The van der Waals surface area contributed by atoms with Crippen LogP contribution in [0.2, 0.25) is 0 Å². The summed E-state index contributed by atoms with van der Waals surface area (Å²) in [5.74, 6) is 0. The summed E-state index contributed by atoms with van der Waals surface area (Å²) in [4.78, 5) is 3.89. The van der Waals surface area contributed by atoms with Crippen LogP contribution in [0.15, 0.2) is 17.6 Å². The van der Waals surface area contributed by atoms with Gasteiger partial charge in [-0.3, -0.25) is 0 Å². The summed E-state index contributed by atoms with van der Waals surface area (Å²) in [5, 5.41) is 8.99. The molecular weight excluding hydrogens is 254 g/mol. The molecule has 0 saturated heterocycles. The topological polar surface area (TPSA) is 84.2 Å². The molecule has 0 amide bonds. The average Bonchev–Trinajstić information content (AvgIpc) is 2.93. The average molecular weight is 273 g/mol. The van der Waals surface area contributed by atoms with Crippen LogP contribution < -0.4 is 4.72 Å². The summed E-state index contributed by atoms with van der Waals surface area (Å²) in [6.45, 7) is 3.10. The zero-order chi connectivity index (χ0) is 13.2. The molecule has 1 aromatic heterocycles. The SMILES string of the molecule is CCn1cnc(S(=O)(=O)NCC2(CCO)CC2)c1. The van der Waals surface area contributed by atoms with E-state index in [9.17, 15) is 8.42 Å². The van der Waals surface area contributed by atoms with Crippen molar-refractivity contribution >= 4 is 10.0 Å². The predicted octanol–water partition coefficient (Wildman–Crippen LogP) is 0.344. The Labute approximate surface area is 107 Å². The van der Waals surface area contributed by atoms with Gasteiger partial charge in [0.1, 0.15) is 0 Å². The number of aromatic nitrogens is 2. The number of aliphatic hydroxyl groups is 1. The number of imidazole rings is 1. The number of aliphatic hydroxyl groups excluding tert-OH is 1. The third kappa shape index (κ3) is 2.90. The van der Waals surface area contributed by atoms with Gasteiger partial charge in [0.25, 0.3) is 10.0 Å². The van der Waals surface area contributed by atoms with E-state index in [-0.39, 0.29) is 17.0 Å². The summed E-state index contributed by atoms with van der Waals surface area (Å²) >= 11 is 0. The smallest absolute Gasteiger partial charge is 0.259 e. The second kappa shape index (κ2) is 4.99. The molecule has 1 saturated carbocycles. The van der Waals surface area contributed by atoms with Crippen molar-refractivity contribution < 1.29 is 13.5 Å². The third-order valence-electron chi connectivity index (χ3n) is 3.49. The van der Waals surface area contributed by atoms with Gasteiger partial charge in [-0.1, -0.05) is 0 Å². The van der Waals surface area contributed by atoms with Crippen molar-refractivity contribution in [3.05, 3.63) is 12.5 Å². The molecule has 102 valence electrons. The molecule has 0 aromatic carbocycles. The number of hydrogen-bond donors (Lipinski definition) is 2. The van der Waals surface area contributed by atoms with Gasteiger partial charge in [-0.25, -0.2) is 18.1 Å². The van der Waals surface area contributed by atoms with Gasteiger partial charge in [-0.2, -0.15) is 0 Å². The molecule has 2 N–H and O–H groups in total. The van der Waals surface area contributed by atoms with E-state index in [2.05, 4.69) is 9.71 Å². The molecule has 1 aliphatic rings. The van der Waals surface area contributed by atoms with E-state index in [1.54, 1.807) is 4.57 Å². The Bertz CT molecular complexity index is 505. The van der Waals surface area contributed by atoms with Gasteiger partial charge in [0.2, 0.25) is 0 Å². The lowest BCUT2D eigenvalue weighted by Gasteiger charge is -2.13. The van der Waals surface area contributed by atoms with Gasteiger partial charge in [0.05, 0.1) is 6.33 Å². The molecular formula is C11H19N3O3S. The number of sulfonamides is 1. The van der Waals surface area contributed by atoms with Gasteiger partial charge in [0, 0.05) is 25.9 Å². The molecule has 0 aliphatic heterocycles. The van der Waals surface area contributed by atoms with E-state index in [1.165, 1.54) is 12.5 Å². The molecule has 0 unspecified atom stereocenters. The Hall–Kier alpha value is -0.920. The maximum Gasteiger partial charge on any atom is 0.259 e. The molecule has 1 heterocycles. The molecule has 1 aliphatic carbocycles. The molecule has 0 atom stereocenters. The Morgan fingerprint density at radius 2 is 2.28 bits per heavy atom. The maximum atomic E-state index is 12.0. The Kier molecular flexibility index (Phi) is 3.74. The van der Waals surface area contributed by atoms with Gasteiger partial charge < -0.3 is 9.67 Å². The summed E-state index contributed by atoms with van der Waals surface area (Å²) in [5.41, 5.74) is -0.0326. The van der Waals surface area contributed by atoms with Gasteiger partial charge in [-0.05, 0) is 31.6 Å². The molecule has 1 aromatic rings. The standard InChI is InChI=1S/C11H19N3O3S/c1-2-14-7-10(12-9-14)18(16,17)13-8-11(3-4-11)5-6-15/h7,9,13,15H,2-6,8H2,1H3. The Morgan fingerprint density at radius 1 is 1.56 bits per heavy atom. The second-order valence-electron chi connectivity index (χ2n) is 4.84. The minimum Gasteiger partial charge on any atom is -0.396 e. The van der Waals surface area contributed by atoms with Crippen LogP contribution in [0.3, 0.4) is 0 Å². The fraction of sp³-hybridized carbons (Fsp3) is 0.727. The summed E-state index contributed by atoms with van der Waals surface area (Å²) in [6.07, 6.45) is 5.63. The maximum absolute atomic E-state index is 12.0. The summed E-state index contributed by atoms with van der Waals surface area (Å²) < 4.78 is 28.3. The second-order valence-corrected chi connectivity index (χ2v) is 6.55. The summed E-state index contributed by atoms with van der Waals surface area (Å²) in [7, 11) is -3.52. The Balaban J connectivity index is 1.99. The highest BCUT2D eigenvalue weighted by atomic mass is 32.2. The quantitative estimate of drug-likeness (QED) is 0.750. The number of hydrogen-bond acceptors (Lipinski definition) is 4. The van der Waals surface area contributed by atoms with Crippen molar-refractivity contribution in [2.24, 2.45) is 5.41 Å². The predicted molar refractivity (Wildman–Crippen MR) is 66.5 cm³/mol. The van der Waals surface area contributed by atoms with Crippen molar-refractivity contribution in [1.29, 1.82) is 0 Å². The monoisotopic (exact) mass is 273 g/mol. The number of nitrogens with one attached hydrogen (secondary N) is 1. The van der Waals surface area contributed by atoms with Crippen LogP contribution in [0.25, 0.3) is 0 Å². The molecule has 0 bridgehead atoms. The van der Waals surface area contributed by atoms with Crippen molar-refractivity contribution in [2.45, 2.75) is 37.8 Å². The zero-order valence-corrected chi connectivity index (χ0v) is 11.3. The van der Waals surface area contributed by atoms with Gasteiger partial charge in [-0.15, -0.1) is 0 Å². The highest BCUT2D eigenvalue weighted by Crippen LogP contribution is 2.48. The number of nitrogens with zero attached hydrogens (tertiary/aromatic N) is 2. The van der Waals surface area contributed by atoms with Crippen molar-refractivity contribution in [2.75, 3.05) is 13.2 Å². The largest absolute Gasteiger partial charge is 0.396 e. The van der Waals surface area contributed by atoms with Crippen LogP contribution in [0, 0.1) is 5.41 Å². The fourth-order valence-corrected chi connectivity index (χ4v) is 3.01. The molecule has 7 heteroatoms. The lowest BCUT2D eigenvalue weighted by atomic mass is 10.0.